The number of carbonyl (C=O) groups excluding carboxylic acids is 2. The van der Waals surface area contributed by atoms with Gasteiger partial charge in [0.15, 0.2) is 6.61 Å². The summed E-state index contributed by atoms with van der Waals surface area (Å²) in [5.74, 6) is 0.259. The SMILES string of the molecule is CCOc1ccc(N(CCC#N)C(=O)COC(=O)c2ccc3c(=O)n4c(nc3c2)CCCCC4)cc1. The van der Waals surface area contributed by atoms with Gasteiger partial charge in [0, 0.05) is 25.2 Å². The number of aryl methyl sites for hydroxylation is 1. The number of anilines is 1. The molecule has 4 rings (SSSR count). The molecular weight excluding hydrogens is 460 g/mol. The minimum absolute atomic E-state index is 0.101. The van der Waals surface area contributed by atoms with Crippen LogP contribution in [0.2, 0.25) is 0 Å². The van der Waals surface area contributed by atoms with Crippen LogP contribution in [0, 0.1) is 11.3 Å². The van der Waals surface area contributed by atoms with E-state index >= 15 is 0 Å². The lowest BCUT2D eigenvalue weighted by atomic mass is 10.1. The summed E-state index contributed by atoms with van der Waals surface area (Å²) in [6, 6.07) is 13.6. The van der Waals surface area contributed by atoms with Crippen molar-refractivity contribution < 1.29 is 19.1 Å². The summed E-state index contributed by atoms with van der Waals surface area (Å²) in [5, 5.41) is 9.45. The molecule has 2 aromatic carbocycles. The standard InChI is InChI=1S/C27H28N4O5/c1-2-35-21-11-9-20(10-12-21)30(16-6-14-28)25(32)18-36-27(34)19-8-13-22-23(17-19)29-24-7-4-3-5-15-31(24)26(22)33/h8-13,17H,2-7,15-16,18H2,1H3. The van der Waals surface area contributed by atoms with E-state index in [1.54, 1.807) is 34.9 Å². The molecule has 1 aromatic heterocycles. The number of aromatic nitrogens is 2. The summed E-state index contributed by atoms with van der Waals surface area (Å²) in [4.78, 5) is 44.6. The van der Waals surface area contributed by atoms with Crippen LogP contribution in [0.15, 0.2) is 47.3 Å². The van der Waals surface area contributed by atoms with Crippen LogP contribution >= 0.6 is 0 Å². The van der Waals surface area contributed by atoms with Gasteiger partial charge in [-0.05, 0) is 62.2 Å². The highest BCUT2D eigenvalue weighted by Gasteiger charge is 2.20. The Labute approximate surface area is 208 Å². The Kier molecular flexibility index (Phi) is 7.95. The first-order chi connectivity index (χ1) is 17.5. The van der Waals surface area contributed by atoms with Crippen molar-refractivity contribution in [2.45, 2.75) is 45.6 Å². The topological polar surface area (TPSA) is 115 Å². The number of hydrogen-bond acceptors (Lipinski definition) is 7. The average Bonchev–Trinajstić information content (AvgIpc) is 3.14. The van der Waals surface area contributed by atoms with E-state index in [0.29, 0.717) is 35.5 Å². The number of rotatable bonds is 8. The third-order valence-corrected chi connectivity index (χ3v) is 6.09. The lowest BCUT2D eigenvalue weighted by Gasteiger charge is -2.22. The van der Waals surface area contributed by atoms with E-state index in [4.69, 9.17) is 14.7 Å². The molecule has 9 heteroatoms. The summed E-state index contributed by atoms with van der Waals surface area (Å²) < 4.78 is 12.5. The molecular formula is C27H28N4O5. The van der Waals surface area contributed by atoms with Gasteiger partial charge in [-0.1, -0.05) is 6.42 Å². The van der Waals surface area contributed by atoms with Gasteiger partial charge in [-0.15, -0.1) is 0 Å². The predicted molar refractivity (Wildman–Crippen MR) is 134 cm³/mol. The maximum Gasteiger partial charge on any atom is 0.338 e. The van der Waals surface area contributed by atoms with Crippen LogP contribution in [0.5, 0.6) is 5.75 Å². The van der Waals surface area contributed by atoms with Gasteiger partial charge < -0.3 is 14.4 Å². The van der Waals surface area contributed by atoms with E-state index in [1.807, 2.05) is 13.0 Å². The summed E-state index contributed by atoms with van der Waals surface area (Å²) in [6.07, 6.45) is 3.81. The Morgan fingerprint density at radius 1 is 1.14 bits per heavy atom. The number of hydrogen-bond donors (Lipinski definition) is 0. The molecule has 2 heterocycles. The molecule has 0 unspecified atom stereocenters. The molecule has 0 bridgehead atoms. The molecule has 0 fully saturated rings. The number of ether oxygens (including phenoxy) is 2. The van der Waals surface area contributed by atoms with Crippen molar-refractivity contribution in [3.8, 4) is 11.8 Å². The molecule has 0 saturated heterocycles. The molecule has 0 aliphatic carbocycles. The molecule has 9 nitrogen and oxygen atoms in total. The Hall–Kier alpha value is -4.19. The number of esters is 1. The van der Waals surface area contributed by atoms with E-state index in [1.165, 1.54) is 17.0 Å². The molecule has 0 atom stereocenters. The van der Waals surface area contributed by atoms with Crippen molar-refractivity contribution in [2.24, 2.45) is 0 Å². The Morgan fingerprint density at radius 2 is 1.94 bits per heavy atom. The van der Waals surface area contributed by atoms with Crippen molar-refractivity contribution in [3.63, 3.8) is 0 Å². The van der Waals surface area contributed by atoms with E-state index in [0.717, 1.165) is 31.5 Å². The van der Waals surface area contributed by atoms with Crippen LogP contribution in [0.25, 0.3) is 10.9 Å². The molecule has 1 amide bonds. The molecule has 0 spiro atoms. The second-order valence-electron chi connectivity index (χ2n) is 8.48. The number of nitrogens with zero attached hydrogens (tertiary/aromatic N) is 4. The number of carbonyl (C=O) groups is 2. The van der Waals surface area contributed by atoms with Crippen LogP contribution in [-0.4, -0.2) is 41.2 Å². The zero-order valence-electron chi connectivity index (χ0n) is 20.2. The molecule has 3 aromatic rings. The summed E-state index contributed by atoms with van der Waals surface area (Å²) in [7, 11) is 0. The minimum Gasteiger partial charge on any atom is -0.494 e. The van der Waals surface area contributed by atoms with Crippen molar-refractivity contribution in [1.29, 1.82) is 5.26 Å². The zero-order valence-corrected chi connectivity index (χ0v) is 20.2. The lowest BCUT2D eigenvalue weighted by Crippen LogP contribution is -2.35. The highest BCUT2D eigenvalue weighted by atomic mass is 16.5. The molecule has 0 N–H and O–H groups in total. The van der Waals surface area contributed by atoms with Gasteiger partial charge >= 0.3 is 5.97 Å². The molecule has 1 aliphatic heterocycles. The third-order valence-electron chi connectivity index (χ3n) is 6.09. The number of benzene rings is 2. The minimum atomic E-state index is -0.686. The van der Waals surface area contributed by atoms with E-state index in [2.05, 4.69) is 4.98 Å². The quantitative estimate of drug-likeness (QED) is 0.445. The molecule has 0 saturated carbocycles. The van der Waals surface area contributed by atoms with E-state index < -0.39 is 18.5 Å². The lowest BCUT2D eigenvalue weighted by molar-refractivity contribution is -0.121. The largest absolute Gasteiger partial charge is 0.494 e. The number of amides is 1. The first kappa shape index (κ1) is 24.9. The second-order valence-corrected chi connectivity index (χ2v) is 8.48. The molecule has 0 radical (unpaired) electrons. The number of fused-ring (bicyclic) bond motifs is 2. The molecule has 1 aliphatic rings. The van der Waals surface area contributed by atoms with Gasteiger partial charge in [0.25, 0.3) is 11.5 Å². The van der Waals surface area contributed by atoms with Gasteiger partial charge in [-0.3, -0.25) is 14.2 Å². The van der Waals surface area contributed by atoms with Crippen molar-refractivity contribution in [1.82, 2.24) is 9.55 Å². The summed E-state index contributed by atoms with van der Waals surface area (Å²) >= 11 is 0. The average molecular weight is 489 g/mol. The fourth-order valence-corrected chi connectivity index (χ4v) is 4.28. The van der Waals surface area contributed by atoms with Crippen molar-refractivity contribution in [3.05, 3.63) is 64.2 Å². The van der Waals surface area contributed by atoms with Gasteiger partial charge in [0.05, 0.1) is 35.6 Å². The van der Waals surface area contributed by atoms with Crippen molar-refractivity contribution >= 4 is 28.5 Å². The first-order valence-electron chi connectivity index (χ1n) is 12.1. The zero-order chi connectivity index (χ0) is 25.5. The molecule has 36 heavy (non-hydrogen) atoms. The Bertz CT molecular complexity index is 1360. The van der Waals surface area contributed by atoms with Crippen LogP contribution in [-0.2, 0) is 22.5 Å². The fourth-order valence-electron chi connectivity index (χ4n) is 4.28. The Balaban J connectivity index is 1.48. The normalized spacial score (nSPS) is 12.8. The fraction of sp³-hybridized carbons (Fsp3) is 0.370. The van der Waals surface area contributed by atoms with Crippen LogP contribution < -0.4 is 15.2 Å². The van der Waals surface area contributed by atoms with Crippen LogP contribution in [0.1, 0.15) is 48.8 Å². The Morgan fingerprint density at radius 3 is 2.69 bits per heavy atom. The number of nitriles is 1. The summed E-state index contributed by atoms with van der Waals surface area (Å²) in [6.45, 7) is 2.73. The maximum atomic E-state index is 12.9. The highest BCUT2D eigenvalue weighted by Crippen LogP contribution is 2.21. The van der Waals surface area contributed by atoms with Crippen LogP contribution in [0.4, 0.5) is 5.69 Å². The van der Waals surface area contributed by atoms with E-state index in [9.17, 15) is 14.4 Å². The second kappa shape index (κ2) is 11.5. The third kappa shape index (κ3) is 5.54. The highest BCUT2D eigenvalue weighted by molar-refractivity contribution is 5.98. The summed E-state index contributed by atoms with van der Waals surface area (Å²) in [5.41, 5.74) is 1.13. The van der Waals surface area contributed by atoms with Gasteiger partial charge in [-0.25, -0.2) is 9.78 Å². The van der Waals surface area contributed by atoms with E-state index in [-0.39, 0.29) is 24.1 Å². The van der Waals surface area contributed by atoms with Crippen molar-refractivity contribution in [2.75, 3.05) is 24.7 Å². The maximum absolute atomic E-state index is 12.9. The van der Waals surface area contributed by atoms with Gasteiger partial charge in [0.2, 0.25) is 0 Å². The van der Waals surface area contributed by atoms with Crippen LogP contribution in [0.3, 0.4) is 0 Å². The predicted octanol–water partition coefficient (Wildman–Crippen LogP) is 3.63. The monoisotopic (exact) mass is 488 g/mol. The van der Waals surface area contributed by atoms with Gasteiger partial charge in [-0.2, -0.15) is 5.26 Å². The smallest absolute Gasteiger partial charge is 0.338 e. The first-order valence-corrected chi connectivity index (χ1v) is 12.1. The molecule has 186 valence electrons. The van der Waals surface area contributed by atoms with Gasteiger partial charge in [0.1, 0.15) is 11.6 Å².